The Labute approximate surface area is 113 Å². The summed E-state index contributed by atoms with van der Waals surface area (Å²) in [7, 11) is 0. The molecule has 0 N–H and O–H groups in total. The highest BCUT2D eigenvalue weighted by atomic mass is 16.2. The van der Waals surface area contributed by atoms with Crippen LogP contribution < -0.4 is 0 Å². The number of aromatic nitrogens is 2. The molecule has 0 radical (unpaired) electrons. The summed E-state index contributed by atoms with van der Waals surface area (Å²) in [6, 6.07) is 7.48. The minimum absolute atomic E-state index is 0.0234. The largest absolute Gasteiger partial charge is 0.339 e. The fourth-order valence-electron chi connectivity index (χ4n) is 1.90. The van der Waals surface area contributed by atoms with E-state index in [2.05, 4.69) is 9.97 Å². The molecule has 0 aromatic carbocycles. The van der Waals surface area contributed by atoms with Crippen LogP contribution in [0.15, 0.2) is 42.9 Å². The Kier molecular flexibility index (Phi) is 4.23. The van der Waals surface area contributed by atoms with Crippen molar-refractivity contribution in [3.8, 4) is 11.3 Å². The minimum atomic E-state index is 0.0234. The topological polar surface area (TPSA) is 46.1 Å². The zero-order valence-corrected chi connectivity index (χ0v) is 11.2. The number of amides is 1. The average molecular weight is 255 g/mol. The molecule has 0 atom stereocenters. The Bertz CT molecular complexity index is 533. The third-order valence-corrected chi connectivity index (χ3v) is 3.02. The fourth-order valence-corrected chi connectivity index (χ4v) is 1.90. The van der Waals surface area contributed by atoms with Gasteiger partial charge in [-0.3, -0.25) is 14.8 Å². The molecule has 4 heteroatoms. The van der Waals surface area contributed by atoms with Crippen molar-refractivity contribution >= 4 is 5.91 Å². The smallest absolute Gasteiger partial charge is 0.255 e. The molecule has 98 valence electrons. The van der Waals surface area contributed by atoms with Gasteiger partial charge in [-0.2, -0.15) is 0 Å². The summed E-state index contributed by atoms with van der Waals surface area (Å²) in [5.41, 5.74) is 2.39. The summed E-state index contributed by atoms with van der Waals surface area (Å²) in [4.78, 5) is 22.3. The van der Waals surface area contributed by atoms with Crippen molar-refractivity contribution in [2.24, 2.45) is 0 Å². The lowest BCUT2D eigenvalue weighted by Gasteiger charge is -2.18. The van der Waals surface area contributed by atoms with Gasteiger partial charge in [-0.05, 0) is 38.1 Å². The van der Waals surface area contributed by atoms with E-state index in [0.29, 0.717) is 18.7 Å². The molecule has 4 nitrogen and oxygen atoms in total. The Hall–Kier alpha value is -2.23. The maximum Gasteiger partial charge on any atom is 0.255 e. The van der Waals surface area contributed by atoms with Crippen LogP contribution in [0.4, 0.5) is 0 Å². The van der Waals surface area contributed by atoms with Crippen molar-refractivity contribution < 1.29 is 4.79 Å². The monoisotopic (exact) mass is 255 g/mol. The molecule has 0 aliphatic heterocycles. The lowest BCUT2D eigenvalue weighted by atomic mass is 10.1. The highest BCUT2D eigenvalue weighted by Crippen LogP contribution is 2.15. The van der Waals surface area contributed by atoms with Crippen molar-refractivity contribution in [1.29, 1.82) is 0 Å². The van der Waals surface area contributed by atoms with Gasteiger partial charge in [0.2, 0.25) is 0 Å². The molecule has 19 heavy (non-hydrogen) atoms. The van der Waals surface area contributed by atoms with Gasteiger partial charge >= 0.3 is 0 Å². The van der Waals surface area contributed by atoms with Gasteiger partial charge in [-0.15, -0.1) is 0 Å². The minimum Gasteiger partial charge on any atom is -0.339 e. The maximum absolute atomic E-state index is 12.1. The SMILES string of the molecule is CCN(CC)C(=O)c1ccc(-c2cccnc2)nc1. The first-order valence-corrected chi connectivity index (χ1v) is 6.42. The molecule has 0 aliphatic carbocycles. The Morgan fingerprint density at radius 3 is 2.47 bits per heavy atom. The van der Waals surface area contributed by atoms with E-state index in [1.807, 2.05) is 38.1 Å². The van der Waals surface area contributed by atoms with E-state index in [-0.39, 0.29) is 5.91 Å². The van der Waals surface area contributed by atoms with Crippen LogP contribution in [0.1, 0.15) is 24.2 Å². The molecule has 1 amide bonds. The Morgan fingerprint density at radius 2 is 1.95 bits per heavy atom. The zero-order valence-electron chi connectivity index (χ0n) is 11.2. The summed E-state index contributed by atoms with van der Waals surface area (Å²) < 4.78 is 0. The molecule has 0 saturated heterocycles. The van der Waals surface area contributed by atoms with E-state index in [0.717, 1.165) is 11.3 Å². The van der Waals surface area contributed by atoms with Crippen LogP contribution in [0.25, 0.3) is 11.3 Å². The number of carbonyl (C=O) groups is 1. The Morgan fingerprint density at radius 1 is 1.16 bits per heavy atom. The standard InChI is InChI=1S/C15H17N3O/c1-3-18(4-2)15(19)13-7-8-14(17-11-13)12-6-5-9-16-10-12/h5-11H,3-4H2,1-2H3. The molecule has 0 bridgehead atoms. The van der Waals surface area contributed by atoms with Crippen LogP contribution in [0.5, 0.6) is 0 Å². The van der Waals surface area contributed by atoms with Gasteiger partial charge in [0.15, 0.2) is 0 Å². The van der Waals surface area contributed by atoms with Gasteiger partial charge in [-0.1, -0.05) is 0 Å². The molecule has 0 aliphatic rings. The zero-order chi connectivity index (χ0) is 13.7. The third-order valence-electron chi connectivity index (χ3n) is 3.02. The van der Waals surface area contributed by atoms with Crippen molar-refractivity contribution in [2.75, 3.05) is 13.1 Å². The number of rotatable bonds is 4. The molecule has 0 fully saturated rings. The van der Waals surface area contributed by atoms with E-state index < -0.39 is 0 Å². The van der Waals surface area contributed by atoms with Crippen LogP contribution in [0.3, 0.4) is 0 Å². The van der Waals surface area contributed by atoms with Crippen LogP contribution in [-0.4, -0.2) is 33.9 Å². The number of hydrogen-bond donors (Lipinski definition) is 0. The molecule has 0 saturated carbocycles. The predicted octanol–water partition coefficient (Wildman–Crippen LogP) is 2.63. The van der Waals surface area contributed by atoms with E-state index >= 15 is 0 Å². The molecule has 0 spiro atoms. The van der Waals surface area contributed by atoms with Gasteiger partial charge in [0.25, 0.3) is 5.91 Å². The molecular formula is C15H17N3O. The maximum atomic E-state index is 12.1. The quantitative estimate of drug-likeness (QED) is 0.843. The Balaban J connectivity index is 2.22. The van der Waals surface area contributed by atoms with Gasteiger partial charge < -0.3 is 4.90 Å². The number of pyridine rings is 2. The van der Waals surface area contributed by atoms with Crippen LogP contribution in [0, 0.1) is 0 Å². The summed E-state index contributed by atoms with van der Waals surface area (Å²) in [6.07, 6.45) is 5.11. The van der Waals surface area contributed by atoms with Crippen LogP contribution in [0.2, 0.25) is 0 Å². The van der Waals surface area contributed by atoms with Crippen LogP contribution in [-0.2, 0) is 0 Å². The second-order valence-corrected chi connectivity index (χ2v) is 4.15. The summed E-state index contributed by atoms with van der Waals surface area (Å²) in [5.74, 6) is 0.0234. The number of carbonyl (C=O) groups excluding carboxylic acids is 1. The lowest BCUT2D eigenvalue weighted by Crippen LogP contribution is -2.30. The van der Waals surface area contributed by atoms with Gasteiger partial charge in [0, 0.05) is 37.2 Å². The van der Waals surface area contributed by atoms with Crippen molar-refractivity contribution in [2.45, 2.75) is 13.8 Å². The fraction of sp³-hybridized carbons (Fsp3) is 0.267. The normalized spacial score (nSPS) is 10.2. The van der Waals surface area contributed by atoms with Gasteiger partial charge in [-0.25, -0.2) is 0 Å². The third kappa shape index (κ3) is 2.96. The van der Waals surface area contributed by atoms with Crippen LogP contribution >= 0.6 is 0 Å². The molecule has 2 rings (SSSR count). The highest BCUT2D eigenvalue weighted by molar-refractivity contribution is 5.94. The molecule has 2 aromatic rings. The van der Waals surface area contributed by atoms with Crippen molar-refractivity contribution in [1.82, 2.24) is 14.9 Å². The molecule has 0 unspecified atom stereocenters. The van der Waals surface area contributed by atoms with Gasteiger partial charge in [0.05, 0.1) is 11.3 Å². The molecule has 2 heterocycles. The number of hydrogen-bond acceptors (Lipinski definition) is 3. The summed E-state index contributed by atoms with van der Waals surface area (Å²) in [5, 5.41) is 0. The van der Waals surface area contributed by atoms with E-state index in [4.69, 9.17) is 0 Å². The molecule has 2 aromatic heterocycles. The number of nitrogens with zero attached hydrogens (tertiary/aromatic N) is 3. The molecular weight excluding hydrogens is 238 g/mol. The van der Waals surface area contributed by atoms with E-state index in [9.17, 15) is 4.79 Å². The lowest BCUT2D eigenvalue weighted by molar-refractivity contribution is 0.0772. The second kappa shape index (κ2) is 6.09. The van der Waals surface area contributed by atoms with E-state index in [1.54, 1.807) is 23.5 Å². The summed E-state index contributed by atoms with van der Waals surface area (Å²) >= 11 is 0. The van der Waals surface area contributed by atoms with Crippen molar-refractivity contribution in [3.63, 3.8) is 0 Å². The first-order chi connectivity index (χ1) is 9.26. The highest BCUT2D eigenvalue weighted by Gasteiger charge is 2.12. The van der Waals surface area contributed by atoms with E-state index in [1.165, 1.54) is 0 Å². The summed E-state index contributed by atoms with van der Waals surface area (Å²) in [6.45, 7) is 5.36. The first kappa shape index (κ1) is 13.2. The average Bonchev–Trinajstić information content (AvgIpc) is 2.49. The second-order valence-electron chi connectivity index (χ2n) is 4.15. The van der Waals surface area contributed by atoms with Crippen molar-refractivity contribution in [3.05, 3.63) is 48.4 Å². The van der Waals surface area contributed by atoms with Gasteiger partial charge in [0.1, 0.15) is 0 Å². The first-order valence-electron chi connectivity index (χ1n) is 6.42. The predicted molar refractivity (Wildman–Crippen MR) is 74.7 cm³/mol.